The summed E-state index contributed by atoms with van der Waals surface area (Å²) in [4.78, 5) is 19.4. The van der Waals surface area contributed by atoms with Crippen LogP contribution < -0.4 is 0 Å². The lowest BCUT2D eigenvalue weighted by molar-refractivity contribution is -0.140. The number of ether oxygens (including phenoxy) is 1. The van der Waals surface area contributed by atoms with E-state index in [1.165, 1.54) is 0 Å². The van der Waals surface area contributed by atoms with E-state index in [1.54, 1.807) is 11.3 Å². The van der Waals surface area contributed by atoms with Crippen molar-refractivity contribution in [3.8, 4) is 11.4 Å². The molecule has 2 atom stereocenters. The van der Waals surface area contributed by atoms with E-state index in [-0.39, 0.29) is 17.7 Å². The van der Waals surface area contributed by atoms with Crippen LogP contribution in [0.25, 0.3) is 11.4 Å². The highest BCUT2D eigenvalue weighted by atomic mass is 32.1. The summed E-state index contributed by atoms with van der Waals surface area (Å²) >= 11 is 1.60. The molecule has 0 bridgehead atoms. The Hall–Kier alpha value is -1.99. The average Bonchev–Trinajstić information content (AvgIpc) is 3.33. The summed E-state index contributed by atoms with van der Waals surface area (Å²) < 4.78 is 10.9. The first-order chi connectivity index (χ1) is 11.8. The summed E-state index contributed by atoms with van der Waals surface area (Å²) in [7, 11) is 0. The summed E-state index contributed by atoms with van der Waals surface area (Å²) in [5.41, 5.74) is 0.956. The van der Waals surface area contributed by atoms with Gasteiger partial charge in [-0.25, -0.2) is 0 Å². The summed E-state index contributed by atoms with van der Waals surface area (Å²) in [5.74, 6) is 1.14. The van der Waals surface area contributed by atoms with Crippen LogP contribution in [0.15, 0.2) is 33.5 Å². The number of nitrogens with zero attached hydrogens (tertiary/aromatic N) is 3. The lowest BCUT2D eigenvalue weighted by atomic mass is 9.81. The van der Waals surface area contributed by atoms with Gasteiger partial charge in [0.2, 0.25) is 17.6 Å². The molecule has 3 heterocycles. The Kier molecular flexibility index (Phi) is 4.44. The van der Waals surface area contributed by atoms with Gasteiger partial charge in [-0.15, -0.1) is 0 Å². The molecule has 1 amide bonds. The lowest BCUT2D eigenvalue weighted by Crippen LogP contribution is -2.45. The van der Waals surface area contributed by atoms with E-state index < -0.39 is 0 Å². The number of carbonyl (C=O) groups excluding carboxylic acids is 1. The highest BCUT2D eigenvalue weighted by Crippen LogP contribution is 2.36. The topological polar surface area (TPSA) is 68.5 Å². The van der Waals surface area contributed by atoms with Crippen LogP contribution in [0.2, 0.25) is 0 Å². The van der Waals surface area contributed by atoms with Crippen molar-refractivity contribution in [1.29, 1.82) is 0 Å². The van der Waals surface area contributed by atoms with E-state index in [2.05, 4.69) is 22.3 Å². The minimum atomic E-state index is -0.135. The van der Waals surface area contributed by atoms with Gasteiger partial charge in [0, 0.05) is 24.0 Å². The molecule has 1 saturated heterocycles. The van der Waals surface area contributed by atoms with Gasteiger partial charge in [-0.3, -0.25) is 4.79 Å². The van der Waals surface area contributed by atoms with Gasteiger partial charge in [-0.1, -0.05) is 17.3 Å². The molecule has 0 saturated carbocycles. The van der Waals surface area contributed by atoms with Crippen LogP contribution in [0.4, 0.5) is 0 Å². The van der Waals surface area contributed by atoms with Crippen molar-refractivity contribution >= 4 is 17.2 Å². The molecule has 24 heavy (non-hydrogen) atoms. The fraction of sp³-hybridized carbons (Fsp3) is 0.471. The van der Waals surface area contributed by atoms with Gasteiger partial charge in [0.05, 0.1) is 25.0 Å². The van der Waals surface area contributed by atoms with E-state index in [0.29, 0.717) is 38.0 Å². The van der Waals surface area contributed by atoms with Crippen LogP contribution in [0, 0.1) is 5.92 Å². The zero-order valence-corrected chi connectivity index (χ0v) is 14.1. The van der Waals surface area contributed by atoms with Crippen molar-refractivity contribution in [2.45, 2.75) is 18.8 Å². The van der Waals surface area contributed by atoms with Gasteiger partial charge < -0.3 is 14.2 Å². The summed E-state index contributed by atoms with van der Waals surface area (Å²) in [6.45, 7) is 2.55. The van der Waals surface area contributed by atoms with Crippen molar-refractivity contribution in [2.75, 3.05) is 26.3 Å². The third-order valence-corrected chi connectivity index (χ3v) is 5.29. The van der Waals surface area contributed by atoms with Crippen molar-refractivity contribution < 1.29 is 14.1 Å². The molecule has 1 fully saturated rings. The summed E-state index contributed by atoms with van der Waals surface area (Å²) in [6, 6.07) is 1.97. The van der Waals surface area contributed by atoms with Crippen LogP contribution >= 0.6 is 11.3 Å². The number of rotatable bonds is 3. The third-order valence-electron chi connectivity index (χ3n) is 4.61. The quantitative estimate of drug-likeness (QED) is 0.800. The molecule has 2 aromatic heterocycles. The molecule has 0 unspecified atom stereocenters. The molecule has 2 aliphatic rings. The molecular formula is C17H19N3O3S. The number of hydrogen-bond donors (Lipinski definition) is 0. The lowest BCUT2D eigenvalue weighted by Gasteiger charge is -2.33. The molecule has 2 aromatic rings. The number of allylic oxidation sites excluding steroid dienone is 2. The molecule has 1 aliphatic carbocycles. The first kappa shape index (κ1) is 15.5. The maximum Gasteiger partial charge on any atom is 0.231 e. The Labute approximate surface area is 144 Å². The zero-order valence-electron chi connectivity index (χ0n) is 13.3. The maximum atomic E-state index is 12.9. The Morgan fingerprint density at radius 1 is 1.25 bits per heavy atom. The van der Waals surface area contributed by atoms with Gasteiger partial charge in [0.25, 0.3) is 0 Å². The highest BCUT2D eigenvalue weighted by molar-refractivity contribution is 7.08. The Bertz CT molecular complexity index is 719. The predicted octanol–water partition coefficient (Wildman–Crippen LogP) is 2.71. The van der Waals surface area contributed by atoms with E-state index in [1.807, 2.05) is 21.7 Å². The second kappa shape index (κ2) is 6.86. The molecule has 126 valence electrons. The van der Waals surface area contributed by atoms with Crippen LogP contribution in [-0.2, 0) is 9.53 Å². The minimum absolute atomic E-state index is 0.0507. The van der Waals surface area contributed by atoms with Crippen LogP contribution in [0.5, 0.6) is 0 Å². The number of aromatic nitrogens is 2. The van der Waals surface area contributed by atoms with Gasteiger partial charge in [-0.2, -0.15) is 16.3 Å². The van der Waals surface area contributed by atoms with Gasteiger partial charge in [0.1, 0.15) is 0 Å². The van der Waals surface area contributed by atoms with Crippen LogP contribution in [0.1, 0.15) is 24.7 Å². The largest absolute Gasteiger partial charge is 0.378 e. The normalized spacial score (nSPS) is 24.2. The molecule has 0 aromatic carbocycles. The zero-order chi connectivity index (χ0) is 16.4. The average molecular weight is 345 g/mol. The molecule has 4 rings (SSSR count). The van der Waals surface area contributed by atoms with E-state index in [9.17, 15) is 4.79 Å². The summed E-state index contributed by atoms with van der Waals surface area (Å²) in [5, 5.41) is 8.07. The second-order valence-electron chi connectivity index (χ2n) is 6.06. The fourth-order valence-electron chi connectivity index (χ4n) is 3.27. The van der Waals surface area contributed by atoms with E-state index >= 15 is 0 Å². The Morgan fingerprint density at radius 3 is 2.88 bits per heavy atom. The third kappa shape index (κ3) is 3.01. The van der Waals surface area contributed by atoms with Crippen molar-refractivity contribution in [1.82, 2.24) is 15.0 Å². The number of morpholine rings is 1. The van der Waals surface area contributed by atoms with Crippen molar-refractivity contribution in [3.63, 3.8) is 0 Å². The van der Waals surface area contributed by atoms with Gasteiger partial charge in [0.15, 0.2) is 0 Å². The molecular weight excluding hydrogens is 326 g/mol. The first-order valence-electron chi connectivity index (χ1n) is 8.20. The Morgan fingerprint density at radius 2 is 2.08 bits per heavy atom. The monoisotopic (exact) mass is 345 g/mol. The molecule has 6 nitrogen and oxygen atoms in total. The fourth-order valence-corrected chi connectivity index (χ4v) is 3.91. The molecule has 1 aliphatic heterocycles. The molecule has 0 radical (unpaired) electrons. The predicted molar refractivity (Wildman–Crippen MR) is 89.6 cm³/mol. The van der Waals surface area contributed by atoms with Crippen molar-refractivity contribution in [3.05, 3.63) is 34.9 Å². The first-order valence-corrected chi connectivity index (χ1v) is 9.15. The maximum absolute atomic E-state index is 12.9. The SMILES string of the molecule is O=C([C@@H]1CC=CC[C@H]1c1nc(-c2ccsc2)no1)N1CCOCC1. The van der Waals surface area contributed by atoms with Crippen molar-refractivity contribution in [2.24, 2.45) is 5.92 Å². The van der Waals surface area contributed by atoms with Gasteiger partial charge >= 0.3 is 0 Å². The highest BCUT2D eigenvalue weighted by Gasteiger charge is 2.36. The number of amides is 1. The smallest absolute Gasteiger partial charge is 0.231 e. The number of hydrogen-bond acceptors (Lipinski definition) is 6. The number of thiophene rings is 1. The number of carbonyl (C=O) groups is 1. The Balaban J connectivity index is 1.56. The van der Waals surface area contributed by atoms with Crippen LogP contribution in [-0.4, -0.2) is 47.3 Å². The van der Waals surface area contributed by atoms with Gasteiger partial charge in [-0.05, 0) is 24.3 Å². The molecule has 0 spiro atoms. The minimum Gasteiger partial charge on any atom is -0.378 e. The summed E-state index contributed by atoms with van der Waals surface area (Å²) in [6.07, 6.45) is 5.65. The standard InChI is InChI=1S/C17H19N3O3S/c21-17(20-6-8-22-9-7-20)14-4-2-1-3-13(14)16-18-15(19-23-16)12-5-10-24-11-12/h1-2,5,10-11,13-14H,3-4,6-9H2/t13-,14-/m1/s1. The van der Waals surface area contributed by atoms with Crippen LogP contribution in [0.3, 0.4) is 0 Å². The van der Waals surface area contributed by atoms with E-state index in [4.69, 9.17) is 9.26 Å². The molecule has 7 heteroatoms. The molecule has 0 N–H and O–H groups in total. The van der Waals surface area contributed by atoms with E-state index in [0.717, 1.165) is 18.4 Å². The second-order valence-corrected chi connectivity index (χ2v) is 6.84.